The molecule has 0 bridgehead atoms. The number of nitrogens with zero attached hydrogens (tertiary/aromatic N) is 1. The van der Waals surface area contributed by atoms with Gasteiger partial charge in [0.1, 0.15) is 18.5 Å². The van der Waals surface area contributed by atoms with E-state index in [1.165, 1.54) is 6.07 Å². The van der Waals surface area contributed by atoms with Gasteiger partial charge in [0, 0.05) is 5.02 Å². The van der Waals surface area contributed by atoms with Crippen molar-refractivity contribution in [2.24, 2.45) is 0 Å². The summed E-state index contributed by atoms with van der Waals surface area (Å²) >= 11 is 5.98. The lowest BCUT2D eigenvalue weighted by Crippen LogP contribution is -2.52. The SMILES string of the molecule is CS(=O)(=O)N1CC(C(=O)NCC2COc3ccccc3O2)Oc2ccc(Cl)cc21. The van der Waals surface area contributed by atoms with E-state index in [-0.39, 0.29) is 24.9 Å². The van der Waals surface area contributed by atoms with Crippen molar-refractivity contribution in [1.82, 2.24) is 5.32 Å². The molecule has 0 radical (unpaired) electrons. The minimum absolute atomic E-state index is 0.150. The molecule has 29 heavy (non-hydrogen) atoms. The van der Waals surface area contributed by atoms with Crippen LogP contribution in [0, 0.1) is 0 Å². The zero-order valence-electron chi connectivity index (χ0n) is 15.5. The molecule has 2 heterocycles. The Morgan fingerprint density at radius 3 is 2.69 bits per heavy atom. The molecule has 0 spiro atoms. The molecule has 2 atom stereocenters. The van der Waals surface area contributed by atoms with Crippen molar-refractivity contribution < 1.29 is 27.4 Å². The van der Waals surface area contributed by atoms with Crippen LogP contribution in [0.1, 0.15) is 0 Å². The summed E-state index contributed by atoms with van der Waals surface area (Å²) in [4.78, 5) is 12.7. The number of fused-ring (bicyclic) bond motifs is 2. The molecular formula is C19H19ClN2O6S. The monoisotopic (exact) mass is 438 g/mol. The maximum Gasteiger partial charge on any atom is 0.263 e. The molecule has 10 heteroatoms. The van der Waals surface area contributed by atoms with E-state index in [1.54, 1.807) is 18.2 Å². The molecule has 1 N–H and O–H groups in total. The van der Waals surface area contributed by atoms with Gasteiger partial charge in [-0.15, -0.1) is 0 Å². The zero-order chi connectivity index (χ0) is 20.6. The van der Waals surface area contributed by atoms with Gasteiger partial charge in [0.15, 0.2) is 17.6 Å². The summed E-state index contributed by atoms with van der Waals surface area (Å²) < 4.78 is 42.7. The molecule has 0 aromatic heterocycles. The van der Waals surface area contributed by atoms with Crippen LogP contribution in [0.15, 0.2) is 42.5 Å². The molecule has 0 saturated heterocycles. The fourth-order valence-corrected chi connectivity index (χ4v) is 4.24. The number of carbonyl (C=O) groups excluding carboxylic acids is 1. The molecule has 0 fully saturated rings. The number of hydrogen-bond donors (Lipinski definition) is 1. The van der Waals surface area contributed by atoms with Crippen LogP contribution in [-0.4, -0.2) is 52.5 Å². The Morgan fingerprint density at radius 2 is 1.93 bits per heavy atom. The van der Waals surface area contributed by atoms with E-state index in [9.17, 15) is 13.2 Å². The smallest absolute Gasteiger partial charge is 0.263 e. The van der Waals surface area contributed by atoms with Crippen molar-refractivity contribution in [3.8, 4) is 17.2 Å². The van der Waals surface area contributed by atoms with E-state index >= 15 is 0 Å². The molecular weight excluding hydrogens is 420 g/mol. The van der Waals surface area contributed by atoms with Crippen LogP contribution in [0.25, 0.3) is 0 Å². The number of sulfonamides is 1. The average molecular weight is 439 g/mol. The second-order valence-electron chi connectivity index (χ2n) is 6.76. The normalized spacial score (nSPS) is 20.4. The standard InChI is InChI=1S/C19H19ClN2O6S/c1-29(24,25)22-10-18(28-15-7-6-12(20)8-14(15)22)19(23)21-9-13-11-26-16-4-2-3-5-17(16)27-13/h2-8,13,18H,9-11H2,1H3,(H,21,23). The van der Waals surface area contributed by atoms with Crippen molar-refractivity contribution >= 4 is 33.2 Å². The number of para-hydroxylation sites is 2. The fraction of sp³-hybridized carbons (Fsp3) is 0.316. The topological polar surface area (TPSA) is 94.2 Å². The molecule has 2 aromatic carbocycles. The van der Waals surface area contributed by atoms with Crippen LogP contribution in [0.4, 0.5) is 5.69 Å². The van der Waals surface area contributed by atoms with Crippen LogP contribution in [0.2, 0.25) is 5.02 Å². The fourth-order valence-electron chi connectivity index (χ4n) is 3.17. The first-order chi connectivity index (χ1) is 13.8. The highest BCUT2D eigenvalue weighted by molar-refractivity contribution is 7.92. The maximum absolute atomic E-state index is 12.7. The van der Waals surface area contributed by atoms with Crippen molar-refractivity contribution in [2.45, 2.75) is 12.2 Å². The minimum atomic E-state index is -3.62. The van der Waals surface area contributed by atoms with Gasteiger partial charge in [0.05, 0.1) is 25.0 Å². The Kier molecular flexibility index (Phi) is 5.18. The highest BCUT2D eigenvalue weighted by Crippen LogP contribution is 2.37. The summed E-state index contributed by atoms with van der Waals surface area (Å²) in [6, 6.07) is 11.9. The number of nitrogens with one attached hydrogen (secondary N) is 1. The molecule has 4 rings (SSSR count). The molecule has 2 unspecified atom stereocenters. The van der Waals surface area contributed by atoms with E-state index in [4.69, 9.17) is 25.8 Å². The first-order valence-corrected chi connectivity index (χ1v) is 11.1. The molecule has 2 aromatic rings. The second kappa shape index (κ2) is 7.64. The van der Waals surface area contributed by atoms with Gasteiger partial charge >= 0.3 is 0 Å². The number of carbonyl (C=O) groups is 1. The molecule has 154 valence electrons. The molecule has 0 aliphatic carbocycles. The highest BCUT2D eigenvalue weighted by Gasteiger charge is 2.35. The van der Waals surface area contributed by atoms with Crippen LogP contribution in [-0.2, 0) is 14.8 Å². The number of amides is 1. The Hall–Kier alpha value is -2.65. The lowest BCUT2D eigenvalue weighted by Gasteiger charge is -2.34. The molecule has 8 nitrogen and oxygen atoms in total. The summed E-state index contributed by atoms with van der Waals surface area (Å²) in [6.45, 7) is 0.335. The summed E-state index contributed by atoms with van der Waals surface area (Å²) in [5.74, 6) is 1.10. The van der Waals surface area contributed by atoms with Gasteiger partial charge in [-0.05, 0) is 30.3 Å². The molecule has 1 amide bonds. The number of hydrogen-bond acceptors (Lipinski definition) is 6. The number of benzene rings is 2. The third-order valence-corrected chi connectivity index (χ3v) is 5.94. The Morgan fingerprint density at radius 1 is 1.17 bits per heavy atom. The van der Waals surface area contributed by atoms with Crippen molar-refractivity contribution in [1.29, 1.82) is 0 Å². The van der Waals surface area contributed by atoms with Gasteiger partial charge in [0.2, 0.25) is 10.0 Å². The third-order valence-electron chi connectivity index (χ3n) is 4.55. The number of rotatable bonds is 4. The van der Waals surface area contributed by atoms with Gasteiger partial charge in [-0.3, -0.25) is 9.10 Å². The van der Waals surface area contributed by atoms with E-state index in [0.29, 0.717) is 28.8 Å². The number of anilines is 1. The van der Waals surface area contributed by atoms with Gasteiger partial charge in [-0.25, -0.2) is 8.42 Å². The Balaban J connectivity index is 1.43. The van der Waals surface area contributed by atoms with E-state index < -0.39 is 22.0 Å². The Bertz CT molecular complexity index is 1040. The van der Waals surface area contributed by atoms with E-state index in [2.05, 4.69) is 5.32 Å². The van der Waals surface area contributed by atoms with Crippen LogP contribution in [0.5, 0.6) is 17.2 Å². The Labute approximate surface area is 173 Å². The first-order valence-electron chi connectivity index (χ1n) is 8.91. The summed E-state index contributed by atoms with van der Waals surface area (Å²) in [7, 11) is -3.62. The van der Waals surface area contributed by atoms with Crippen LogP contribution < -0.4 is 23.8 Å². The summed E-state index contributed by atoms with van der Waals surface area (Å²) in [6.07, 6.45) is -0.299. The van der Waals surface area contributed by atoms with Gasteiger partial charge in [-0.2, -0.15) is 0 Å². The predicted molar refractivity (Wildman–Crippen MR) is 107 cm³/mol. The molecule has 2 aliphatic heterocycles. The van der Waals surface area contributed by atoms with Gasteiger partial charge < -0.3 is 19.5 Å². The minimum Gasteiger partial charge on any atom is -0.486 e. The largest absolute Gasteiger partial charge is 0.486 e. The van der Waals surface area contributed by atoms with Crippen molar-refractivity contribution in [2.75, 3.05) is 30.3 Å². The van der Waals surface area contributed by atoms with Gasteiger partial charge in [0.25, 0.3) is 5.91 Å². The average Bonchev–Trinajstić information content (AvgIpc) is 2.70. The maximum atomic E-state index is 12.7. The van der Waals surface area contributed by atoms with Crippen LogP contribution >= 0.6 is 11.6 Å². The van der Waals surface area contributed by atoms with Crippen LogP contribution in [0.3, 0.4) is 0 Å². The van der Waals surface area contributed by atoms with Gasteiger partial charge in [-0.1, -0.05) is 23.7 Å². The quantitative estimate of drug-likeness (QED) is 0.782. The predicted octanol–water partition coefficient (Wildman–Crippen LogP) is 1.82. The number of ether oxygens (including phenoxy) is 3. The second-order valence-corrected chi connectivity index (χ2v) is 9.10. The summed E-state index contributed by atoms with van der Waals surface area (Å²) in [5.41, 5.74) is 0.310. The first kappa shape index (κ1) is 19.7. The van der Waals surface area contributed by atoms with E-state index in [1.807, 2.05) is 18.2 Å². The van der Waals surface area contributed by atoms with Crippen molar-refractivity contribution in [3.05, 3.63) is 47.5 Å². The zero-order valence-corrected chi connectivity index (χ0v) is 17.1. The summed E-state index contributed by atoms with van der Waals surface area (Å²) in [5, 5.41) is 3.12. The lowest BCUT2D eigenvalue weighted by molar-refractivity contribution is -0.128. The lowest BCUT2D eigenvalue weighted by atomic mass is 10.2. The highest BCUT2D eigenvalue weighted by atomic mass is 35.5. The number of halogens is 1. The molecule has 0 saturated carbocycles. The van der Waals surface area contributed by atoms with Crippen molar-refractivity contribution in [3.63, 3.8) is 0 Å². The molecule has 2 aliphatic rings. The van der Waals surface area contributed by atoms with E-state index in [0.717, 1.165) is 10.6 Å². The third kappa shape index (κ3) is 4.20.